The maximum Gasteiger partial charge on any atom is 1.00 e. The monoisotopic (exact) mass is 859 g/mol. The van der Waals surface area contributed by atoms with Crippen LogP contribution in [0, 0.1) is 12.0 Å². The van der Waals surface area contributed by atoms with Crippen LogP contribution < -0.4 is 105 Å². The zero-order chi connectivity index (χ0) is 37.9. The molecule has 30 heteroatoms. The first-order chi connectivity index (χ1) is 23.5. The zero-order valence-corrected chi connectivity index (χ0v) is 37.0. The van der Waals surface area contributed by atoms with Crippen molar-refractivity contribution in [2.24, 2.45) is 20.5 Å². The van der Waals surface area contributed by atoms with E-state index in [-0.39, 0.29) is 105 Å². The quantitative estimate of drug-likeness (QED) is 0.0214. The summed E-state index contributed by atoms with van der Waals surface area (Å²) >= 11 is 0. The molecule has 0 aliphatic heterocycles. The average Bonchev–Trinajstić information content (AvgIpc) is 2.98. The minimum absolute atomic E-state index is 0. The maximum absolute atomic E-state index is 13.5. The molecular weight excluding hydrogens is 842 g/mol. The molecular formula is C24H18F2N9Na3O12S4. The van der Waals surface area contributed by atoms with Crippen LogP contribution >= 0.6 is 0 Å². The van der Waals surface area contributed by atoms with E-state index in [0.717, 1.165) is 42.5 Å². The van der Waals surface area contributed by atoms with Gasteiger partial charge in [-0.15, -0.1) is 15.3 Å². The predicted octanol–water partition coefficient (Wildman–Crippen LogP) is -6.44. The van der Waals surface area contributed by atoms with Gasteiger partial charge in [-0.25, -0.2) is 33.7 Å². The second-order valence-corrected chi connectivity index (χ2v) is 15.4. The van der Waals surface area contributed by atoms with E-state index < -0.39 is 109 Å². The van der Waals surface area contributed by atoms with Gasteiger partial charge in [0.05, 0.1) is 44.1 Å². The number of sulfone groups is 1. The van der Waals surface area contributed by atoms with E-state index in [9.17, 15) is 56.1 Å². The van der Waals surface area contributed by atoms with E-state index in [1.54, 1.807) is 0 Å². The summed E-state index contributed by atoms with van der Waals surface area (Å²) < 4.78 is 159. The van der Waals surface area contributed by atoms with Crippen LogP contribution in [0.2, 0.25) is 0 Å². The number of nitrogens with one attached hydrogen (secondary N) is 1. The van der Waals surface area contributed by atoms with Gasteiger partial charge in [-0.3, -0.25) is 4.18 Å². The number of halogens is 2. The van der Waals surface area contributed by atoms with Crippen LogP contribution in [0.1, 0.15) is 0 Å². The summed E-state index contributed by atoms with van der Waals surface area (Å²) in [6.07, 6.45) is -1.45. The molecule has 0 radical (unpaired) electrons. The standard InChI is InChI=1S/C24H21F2N9O12S4.3Na/c25-19-11-20(31-24(26)30-19)29-13-3-6-17(49(38,39)40)15(9-13)33-34-16-10-18(50(41,42)43)22(28)23(21(16)27)35-32-12-1-4-14(5-2-12)48(36,37)8-7-47-51(44,45)46;;;/h1-6,9-11H,7-8,27-28H2,(H,29,30,31)(H,38,39,40)(H,41,42,43)(H,44,45,46);;;/q;3*+1/p-3. The van der Waals surface area contributed by atoms with Crippen LogP contribution in [0.5, 0.6) is 0 Å². The van der Waals surface area contributed by atoms with Crippen LogP contribution in [0.3, 0.4) is 0 Å². The molecule has 0 saturated carbocycles. The van der Waals surface area contributed by atoms with Gasteiger partial charge in [0, 0.05) is 11.8 Å². The Hall–Kier alpha value is -2.16. The zero-order valence-electron chi connectivity index (χ0n) is 27.7. The van der Waals surface area contributed by atoms with Crippen LogP contribution in [-0.2, 0) is 44.7 Å². The Labute approximate surface area is 371 Å². The average molecular weight is 860 g/mol. The number of benzene rings is 3. The molecule has 0 aliphatic carbocycles. The molecule has 0 bridgehead atoms. The van der Waals surface area contributed by atoms with Gasteiger partial charge < -0.3 is 30.4 Å². The van der Waals surface area contributed by atoms with Crippen molar-refractivity contribution in [3.63, 3.8) is 0 Å². The van der Waals surface area contributed by atoms with Crippen LogP contribution in [-0.4, -0.2) is 69.7 Å². The smallest absolute Gasteiger partial charge is 0.744 e. The van der Waals surface area contributed by atoms with E-state index in [0.29, 0.717) is 12.1 Å². The van der Waals surface area contributed by atoms with Crippen molar-refractivity contribution in [3.8, 4) is 0 Å². The molecule has 0 saturated heterocycles. The van der Waals surface area contributed by atoms with Crippen LogP contribution in [0.25, 0.3) is 0 Å². The molecule has 4 rings (SSSR count). The fourth-order valence-electron chi connectivity index (χ4n) is 3.85. The van der Waals surface area contributed by atoms with Gasteiger partial charge in [0.15, 0.2) is 9.84 Å². The van der Waals surface area contributed by atoms with E-state index in [2.05, 4.69) is 39.9 Å². The summed E-state index contributed by atoms with van der Waals surface area (Å²) in [5.41, 5.74) is 8.26. The molecule has 1 aromatic heterocycles. The van der Waals surface area contributed by atoms with Gasteiger partial charge in [-0.2, -0.15) is 23.9 Å². The second kappa shape index (κ2) is 19.8. The van der Waals surface area contributed by atoms with Crippen molar-refractivity contribution in [3.05, 3.63) is 66.6 Å². The third kappa shape index (κ3) is 13.8. The molecule has 54 heavy (non-hydrogen) atoms. The number of hydrogen-bond acceptors (Lipinski definition) is 21. The molecule has 0 fully saturated rings. The van der Waals surface area contributed by atoms with Gasteiger partial charge in [-0.05, 0) is 48.5 Å². The molecule has 0 atom stereocenters. The van der Waals surface area contributed by atoms with Crippen molar-refractivity contribution in [1.82, 2.24) is 9.97 Å². The molecule has 0 amide bonds. The predicted molar refractivity (Wildman–Crippen MR) is 165 cm³/mol. The van der Waals surface area contributed by atoms with Gasteiger partial charge in [0.25, 0.3) is 0 Å². The number of anilines is 4. The van der Waals surface area contributed by atoms with E-state index in [4.69, 9.17) is 11.5 Å². The molecule has 5 N–H and O–H groups in total. The Morgan fingerprint density at radius 1 is 0.704 bits per heavy atom. The molecule has 1 heterocycles. The maximum atomic E-state index is 13.5. The number of rotatable bonds is 13. The third-order valence-electron chi connectivity index (χ3n) is 6.06. The number of nitrogen functional groups attached to an aromatic ring is 2. The van der Waals surface area contributed by atoms with Gasteiger partial charge in [-0.1, -0.05) is 0 Å². The molecule has 0 spiro atoms. The van der Waals surface area contributed by atoms with Crippen molar-refractivity contribution in [2.75, 3.05) is 29.1 Å². The van der Waals surface area contributed by atoms with Gasteiger partial charge in [0.2, 0.25) is 16.3 Å². The van der Waals surface area contributed by atoms with E-state index in [1.165, 1.54) is 0 Å². The molecule has 272 valence electrons. The van der Waals surface area contributed by atoms with Crippen LogP contribution in [0.4, 0.5) is 54.4 Å². The first-order valence-electron chi connectivity index (χ1n) is 13.0. The number of hydrogen-bond donors (Lipinski definition) is 3. The second-order valence-electron chi connectivity index (χ2n) is 9.57. The normalized spacial score (nSPS) is 12.2. The molecule has 21 nitrogen and oxygen atoms in total. The Bertz CT molecular complexity index is 2520. The molecule has 0 unspecified atom stereocenters. The van der Waals surface area contributed by atoms with Crippen molar-refractivity contribution in [1.29, 1.82) is 0 Å². The summed E-state index contributed by atoms with van der Waals surface area (Å²) in [7, 11) is -19.9. The Balaban J connectivity index is 0.00000486. The first kappa shape index (κ1) is 49.9. The largest absolute Gasteiger partial charge is 1.00 e. The Morgan fingerprint density at radius 3 is 1.85 bits per heavy atom. The van der Waals surface area contributed by atoms with E-state index >= 15 is 0 Å². The summed E-state index contributed by atoms with van der Waals surface area (Å²) in [5.74, 6) is -2.56. The topological polar surface area (TPSA) is 354 Å². The number of nitrogens with zero attached hydrogens (tertiary/aromatic N) is 6. The molecule has 0 aliphatic rings. The first-order valence-corrected chi connectivity index (χ1v) is 18.9. The summed E-state index contributed by atoms with van der Waals surface area (Å²) in [4.78, 5) is 3.69. The van der Waals surface area contributed by atoms with Gasteiger partial charge >= 0.3 is 94.8 Å². The number of aromatic nitrogens is 2. The SMILES string of the molecule is Nc1c(N=Nc2cc(Nc3cc(F)nc(F)n3)ccc2S(=O)(=O)[O-])cc(S(=O)(=O)[O-])c(N)c1N=Nc1ccc(S(=O)(=O)CCOS(=O)(=O)[O-])cc1.[Na+].[Na+].[Na+]. The number of azo groups is 2. The summed E-state index contributed by atoms with van der Waals surface area (Å²) in [6.45, 7) is -0.950. The third-order valence-corrected chi connectivity index (χ3v) is 9.97. The summed E-state index contributed by atoms with van der Waals surface area (Å²) in [6, 6.07) is 8.12. The minimum Gasteiger partial charge on any atom is -0.744 e. The summed E-state index contributed by atoms with van der Waals surface area (Å²) in [5, 5.41) is 17.2. The fourth-order valence-corrected chi connectivity index (χ4v) is 6.54. The molecule has 3 aromatic carbocycles. The fraction of sp³-hybridized carbons (Fsp3) is 0.0833. The molecule has 4 aromatic rings. The van der Waals surface area contributed by atoms with Crippen LogP contribution in [0.15, 0.2) is 89.7 Å². The Morgan fingerprint density at radius 2 is 1.30 bits per heavy atom. The van der Waals surface area contributed by atoms with Crippen molar-refractivity contribution < 1.29 is 149 Å². The van der Waals surface area contributed by atoms with Gasteiger partial charge in [0.1, 0.15) is 43.1 Å². The Kier molecular flexibility index (Phi) is 18.3. The van der Waals surface area contributed by atoms with E-state index in [1.807, 2.05) is 0 Å². The number of nitrogens with two attached hydrogens (primary N) is 2. The van der Waals surface area contributed by atoms with Crippen molar-refractivity contribution in [2.45, 2.75) is 14.7 Å². The minimum atomic E-state index is -5.38. The van der Waals surface area contributed by atoms with Crippen molar-refractivity contribution >= 4 is 86.1 Å².